The molecule has 1 nitrogen and oxygen atoms in total. The largest absolute Gasteiger partial charge is 0.310 e. The highest BCUT2D eigenvalue weighted by molar-refractivity contribution is 6.17. The van der Waals surface area contributed by atoms with Crippen LogP contribution in [0.2, 0.25) is 0 Å². The average molecular weight is 548 g/mol. The highest BCUT2D eigenvalue weighted by Gasteiger charge is 2.15. The van der Waals surface area contributed by atoms with Gasteiger partial charge in [-0.25, -0.2) is 0 Å². The Kier molecular flexibility index (Phi) is 6.20. The summed E-state index contributed by atoms with van der Waals surface area (Å²) in [5, 5.41) is 7.65. The van der Waals surface area contributed by atoms with Crippen molar-refractivity contribution in [1.29, 1.82) is 0 Å². The second-order valence-electron chi connectivity index (χ2n) is 11.0. The Balaban J connectivity index is 1.25. The van der Waals surface area contributed by atoms with Gasteiger partial charge in [0.05, 0.1) is 0 Å². The van der Waals surface area contributed by atoms with Gasteiger partial charge in [0.1, 0.15) is 0 Å². The van der Waals surface area contributed by atoms with Gasteiger partial charge in [0.2, 0.25) is 0 Å². The van der Waals surface area contributed by atoms with E-state index < -0.39 is 0 Å². The topological polar surface area (TPSA) is 3.24 Å². The minimum Gasteiger partial charge on any atom is -0.310 e. The molecular formula is C42H29N. The molecule has 0 amide bonds. The molecular weight excluding hydrogens is 518 g/mol. The summed E-state index contributed by atoms with van der Waals surface area (Å²) in [5.41, 5.74) is 8.24. The van der Waals surface area contributed by atoms with Gasteiger partial charge >= 0.3 is 0 Å². The predicted molar refractivity (Wildman–Crippen MR) is 185 cm³/mol. The molecule has 0 aromatic heterocycles. The van der Waals surface area contributed by atoms with E-state index in [-0.39, 0.29) is 0 Å². The highest BCUT2D eigenvalue weighted by Crippen LogP contribution is 2.39. The standard InChI is InChI=1S/C42H29N/c1-3-9-30(10-4-1)32-15-21-36(22-16-32)43(37-23-17-33(18-24-37)31-11-5-2-6-12-31)38-25-28-40-35(29-38)20-27-41-39-14-8-7-13-34(39)19-26-42(40)41/h1-29H. The second kappa shape index (κ2) is 10.6. The number of rotatable bonds is 5. The van der Waals surface area contributed by atoms with Gasteiger partial charge in [-0.05, 0) is 91.0 Å². The number of anilines is 3. The molecule has 0 bridgehead atoms. The van der Waals surface area contributed by atoms with Crippen molar-refractivity contribution in [2.45, 2.75) is 0 Å². The van der Waals surface area contributed by atoms with Gasteiger partial charge in [0, 0.05) is 17.1 Å². The zero-order valence-corrected chi connectivity index (χ0v) is 23.7. The van der Waals surface area contributed by atoms with Crippen LogP contribution in [0.25, 0.3) is 54.6 Å². The summed E-state index contributed by atoms with van der Waals surface area (Å²) in [6, 6.07) is 63.4. The zero-order valence-electron chi connectivity index (χ0n) is 23.7. The van der Waals surface area contributed by atoms with Gasteiger partial charge in [-0.1, -0.05) is 140 Å². The molecule has 0 atom stereocenters. The normalized spacial score (nSPS) is 11.3. The van der Waals surface area contributed by atoms with Crippen molar-refractivity contribution in [3.8, 4) is 22.3 Å². The molecule has 0 saturated carbocycles. The fourth-order valence-electron chi connectivity index (χ4n) is 6.27. The molecule has 0 fully saturated rings. The van der Waals surface area contributed by atoms with Crippen molar-refractivity contribution < 1.29 is 0 Å². The van der Waals surface area contributed by atoms with Crippen molar-refractivity contribution in [3.63, 3.8) is 0 Å². The molecule has 0 aliphatic carbocycles. The van der Waals surface area contributed by atoms with Crippen LogP contribution in [-0.4, -0.2) is 0 Å². The lowest BCUT2D eigenvalue weighted by Gasteiger charge is -2.26. The molecule has 0 heterocycles. The van der Waals surface area contributed by atoms with Crippen LogP contribution in [0.4, 0.5) is 17.1 Å². The fraction of sp³-hybridized carbons (Fsp3) is 0. The van der Waals surface area contributed by atoms with Gasteiger partial charge < -0.3 is 4.90 Å². The predicted octanol–water partition coefficient (Wildman–Crippen LogP) is 11.9. The van der Waals surface area contributed by atoms with Crippen LogP contribution in [0, 0.1) is 0 Å². The Morgan fingerprint density at radius 3 is 1.26 bits per heavy atom. The maximum Gasteiger partial charge on any atom is 0.0468 e. The number of fused-ring (bicyclic) bond motifs is 5. The smallest absolute Gasteiger partial charge is 0.0468 e. The summed E-state index contributed by atoms with van der Waals surface area (Å²) >= 11 is 0. The number of hydrogen-bond acceptors (Lipinski definition) is 1. The van der Waals surface area contributed by atoms with Crippen molar-refractivity contribution in [2.24, 2.45) is 0 Å². The Morgan fingerprint density at radius 2 is 0.674 bits per heavy atom. The molecule has 0 aliphatic heterocycles. The molecule has 202 valence electrons. The first-order valence-corrected chi connectivity index (χ1v) is 14.8. The first-order chi connectivity index (χ1) is 21.3. The Hall–Kier alpha value is -5.66. The van der Waals surface area contributed by atoms with Crippen molar-refractivity contribution in [3.05, 3.63) is 176 Å². The van der Waals surface area contributed by atoms with Crippen LogP contribution in [0.15, 0.2) is 176 Å². The molecule has 0 saturated heterocycles. The molecule has 0 spiro atoms. The summed E-state index contributed by atoms with van der Waals surface area (Å²) in [7, 11) is 0. The lowest BCUT2D eigenvalue weighted by Crippen LogP contribution is -2.09. The molecule has 0 radical (unpaired) electrons. The van der Waals surface area contributed by atoms with Crippen LogP contribution >= 0.6 is 0 Å². The van der Waals surface area contributed by atoms with E-state index >= 15 is 0 Å². The second-order valence-corrected chi connectivity index (χ2v) is 11.0. The van der Waals surface area contributed by atoms with Crippen LogP contribution in [-0.2, 0) is 0 Å². The van der Waals surface area contributed by atoms with E-state index in [4.69, 9.17) is 0 Å². The maximum absolute atomic E-state index is 2.35. The SMILES string of the molecule is c1ccc(-c2ccc(N(c3ccc(-c4ccccc4)cc3)c3ccc4c(ccc5c6ccccc6ccc45)c3)cc2)cc1. The molecule has 8 rings (SSSR count). The van der Waals surface area contributed by atoms with Gasteiger partial charge in [-0.2, -0.15) is 0 Å². The molecule has 0 N–H and O–H groups in total. The Labute approximate surface area is 251 Å². The van der Waals surface area contributed by atoms with Crippen LogP contribution < -0.4 is 4.90 Å². The Morgan fingerprint density at radius 1 is 0.256 bits per heavy atom. The van der Waals surface area contributed by atoms with Crippen LogP contribution in [0.3, 0.4) is 0 Å². The van der Waals surface area contributed by atoms with Crippen molar-refractivity contribution >= 4 is 49.4 Å². The van der Waals surface area contributed by atoms with Gasteiger partial charge in [0.15, 0.2) is 0 Å². The van der Waals surface area contributed by atoms with Crippen LogP contribution in [0.5, 0.6) is 0 Å². The minimum absolute atomic E-state index is 1.12. The van der Waals surface area contributed by atoms with E-state index in [0.29, 0.717) is 0 Å². The molecule has 8 aromatic carbocycles. The number of hydrogen-bond donors (Lipinski definition) is 0. The van der Waals surface area contributed by atoms with Crippen LogP contribution in [0.1, 0.15) is 0 Å². The molecule has 8 aromatic rings. The molecule has 43 heavy (non-hydrogen) atoms. The lowest BCUT2D eigenvalue weighted by atomic mass is 9.96. The van der Waals surface area contributed by atoms with E-state index in [1.165, 1.54) is 54.6 Å². The molecule has 1 heteroatoms. The summed E-state index contributed by atoms with van der Waals surface area (Å²) < 4.78 is 0. The van der Waals surface area contributed by atoms with Gasteiger partial charge in [0.25, 0.3) is 0 Å². The first-order valence-electron chi connectivity index (χ1n) is 14.8. The fourth-order valence-corrected chi connectivity index (χ4v) is 6.27. The van der Waals surface area contributed by atoms with E-state index in [9.17, 15) is 0 Å². The van der Waals surface area contributed by atoms with E-state index in [2.05, 4.69) is 181 Å². The lowest BCUT2D eigenvalue weighted by molar-refractivity contribution is 1.29. The average Bonchev–Trinajstić information content (AvgIpc) is 3.09. The van der Waals surface area contributed by atoms with Crippen molar-refractivity contribution in [2.75, 3.05) is 4.90 Å². The van der Waals surface area contributed by atoms with Gasteiger partial charge in [-0.15, -0.1) is 0 Å². The molecule has 0 unspecified atom stereocenters. The van der Waals surface area contributed by atoms with E-state index in [0.717, 1.165) is 17.1 Å². The Bertz CT molecular complexity index is 2120. The van der Waals surface area contributed by atoms with Crippen molar-refractivity contribution in [1.82, 2.24) is 0 Å². The summed E-state index contributed by atoms with van der Waals surface area (Å²) in [5.74, 6) is 0. The van der Waals surface area contributed by atoms with E-state index in [1.54, 1.807) is 0 Å². The number of benzene rings is 8. The van der Waals surface area contributed by atoms with Gasteiger partial charge in [-0.3, -0.25) is 0 Å². The third-order valence-corrected chi connectivity index (χ3v) is 8.45. The quantitative estimate of drug-likeness (QED) is 0.194. The van der Waals surface area contributed by atoms with E-state index in [1.807, 2.05) is 0 Å². The summed E-state index contributed by atoms with van der Waals surface area (Å²) in [6.07, 6.45) is 0. The first kappa shape index (κ1) is 25.1. The zero-order chi connectivity index (χ0) is 28.6. The number of nitrogens with zero attached hydrogens (tertiary/aromatic N) is 1. The minimum atomic E-state index is 1.12. The summed E-state index contributed by atoms with van der Waals surface area (Å²) in [4.78, 5) is 2.35. The maximum atomic E-state index is 2.35. The monoisotopic (exact) mass is 547 g/mol. The third kappa shape index (κ3) is 4.62. The third-order valence-electron chi connectivity index (χ3n) is 8.45. The molecule has 0 aliphatic rings. The summed E-state index contributed by atoms with van der Waals surface area (Å²) in [6.45, 7) is 0. The highest BCUT2D eigenvalue weighted by atomic mass is 15.1.